The average molecular weight is 480 g/mol. The van der Waals surface area contributed by atoms with E-state index in [-0.39, 0.29) is 17.7 Å². The number of rotatable bonds is 8. The molecule has 0 aliphatic carbocycles. The Hall–Kier alpha value is -3.59. The van der Waals surface area contributed by atoms with Crippen molar-refractivity contribution in [3.05, 3.63) is 87.1 Å². The van der Waals surface area contributed by atoms with Crippen LogP contribution in [-0.2, 0) is 27.8 Å². The molecule has 176 valence electrons. The highest BCUT2D eigenvalue weighted by Gasteiger charge is 2.20. The predicted molar refractivity (Wildman–Crippen MR) is 130 cm³/mol. The third-order valence-electron chi connectivity index (χ3n) is 5.11. The zero-order valence-electron chi connectivity index (χ0n) is 19.2. The summed E-state index contributed by atoms with van der Waals surface area (Å²) < 4.78 is 36.2. The SMILES string of the molecule is Cc1ccc2c(CS(=O)(=O)Cc3nnc(/N=C/c4ccc(CC(C)C)cc4)o3)cc(=O)oc2c1. The molecule has 0 bridgehead atoms. The number of sulfone groups is 1. The lowest BCUT2D eigenvalue weighted by Gasteiger charge is -2.06. The topological polar surface area (TPSA) is 116 Å². The Morgan fingerprint density at radius 1 is 1.00 bits per heavy atom. The normalized spacial score (nSPS) is 12.2. The molecule has 0 N–H and O–H groups in total. The van der Waals surface area contributed by atoms with E-state index >= 15 is 0 Å². The summed E-state index contributed by atoms with van der Waals surface area (Å²) in [5.41, 5.74) is 3.13. The zero-order valence-corrected chi connectivity index (χ0v) is 20.0. The third-order valence-corrected chi connectivity index (χ3v) is 6.55. The molecule has 2 heterocycles. The van der Waals surface area contributed by atoms with Gasteiger partial charge in [0.05, 0.1) is 5.75 Å². The quantitative estimate of drug-likeness (QED) is 0.269. The first kappa shape index (κ1) is 23.6. The van der Waals surface area contributed by atoms with Gasteiger partial charge in [-0.1, -0.05) is 55.3 Å². The number of aliphatic imine (C=N–C) groups is 1. The molecule has 2 aromatic carbocycles. The maximum atomic E-state index is 12.8. The van der Waals surface area contributed by atoms with Crippen LogP contribution in [-0.4, -0.2) is 24.8 Å². The van der Waals surface area contributed by atoms with E-state index in [0.29, 0.717) is 22.5 Å². The Morgan fingerprint density at radius 3 is 2.50 bits per heavy atom. The highest BCUT2D eigenvalue weighted by atomic mass is 32.2. The summed E-state index contributed by atoms with van der Waals surface area (Å²) in [5.74, 6) is -0.313. The first-order valence-electron chi connectivity index (χ1n) is 10.9. The van der Waals surface area contributed by atoms with Crippen molar-refractivity contribution in [1.29, 1.82) is 0 Å². The molecular formula is C25H25N3O5S. The molecule has 8 nitrogen and oxygen atoms in total. The van der Waals surface area contributed by atoms with Crippen LogP contribution in [0.4, 0.5) is 6.01 Å². The maximum absolute atomic E-state index is 12.8. The van der Waals surface area contributed by atoms with Crippen LogP contribution in [0.2, 0.25) is 0 Å². The molecule has 0 aliphatic rings. The van der Waals surface area contributed by atoms with E-state index in [0.717, 1.165) is 17.5 Å². The summed E-state index contributed by atoms with van der Waals surface area (Å²) >= 11 is 0. The van der Waals surface area contributed by atoms with Gasteiger partial charge in [0.25, 0.3) is 0 Å². The van der Waals surface area contributed by atoms with Crippen LogP contribution in [0.25, 0.3) is 11.0 Å². The molecule has 34 heavy (non-hydrogen) atoms. The number of hydrogen-bond acceptors (Lipinski definition) is 8. The van der Waals surface area contributed by atoms with Crippen molar-refractivity contribution in [2.24, 2.45) is 10.9 Å². The van der Waals surface area contributed by atoms with Gasteiger partial charge in [0, 0.05) is 17.7 Å². The fourth-order valence-corrected chi connectivity index (χ4v) is 4.94. The number of aryl methyl sites for hydroxylation is 1. The molecule has 0 fully saturated rings. The summed E-state index contributed by atoms with van der Waals surface area (Å²) in [6.45, 7) is 6.20. The van der Waals surface area contributed by atoms with Crippen LogP contribution in [0.15, 0.2) is 67.2 Å². The monoisotopic (exact) mass is 479 g/mol. The van der Waals surface area contributed by atoms with Gasteiger partial charge in [0.15, 0.2) is 9.84 Å². The van der Waals surface area contributed by atoms with E-state index in [1.807, 2.05) is 37.3 Å². The second-order valence-electron chi connectivity index (χ2n) is 8.70. The number of fused-ring (bicyclic) bond motifs is 1. The molecule has 2 aromatic heterocycles. The molecule has 0 radical (unpaired) electrons. The van der Waals surface area contributed by atoms with Crippen LogP contribution in [0, 0.1) is 12.8 Å². The number of nitrogens with zero attached hydrogens (tertiary/aromatic N) is 3. The molecule has 4 rings (SSSR count). The standard InChI is InChI=1S/C25H25N3O5S/c1-16(2)10-18-5-7-19(8-6-18)13-26-25-28-27-23(33-25)15-34(30,31)14-20-12-24(29)32-22-11-17(3)4-9-21(20)22/h4-9,11-13,16H,10,14-15H2,1-3H3/b26-13+. The predicted octanol–water partition coefficient (Wildman–Crippen LogP) is 4.55. The smallest absolute Gasteiger partial charge is 0.342 e. The van der Waals surface area contributed by atoms with Crippen LogP contribution in [0.3, 0.4) is 0 Å². The van der Waals surface area contributed by atoms with Crippen molar-refractivity contribution >= 4 is 33.0 Å². The zero-order chi connectivity index (χ0) is 24.3. The van der Waals surface area contributed by atoms with Gasteiger partial charge in [-0.2, -0.15) is 0 Å². The molecule has 9 heteroatoms. The van der Waals surface area contributed by atoms with E-state index in [9.17, 15) is 13.2 Å². The molecule has 0 saturated carbocycles. The molecule has 0 atom stereocenters. The summed E-state index contributed by atoms with van der Waals surface area (Å²) in [6, 6.07) is 14.4. The van der Waals surface area contributed by atoms with Crippen LogP contribution in [0.5, 0.6) is 0 Å². The van der Waals surface area contributed by atoms with Crippen molar-refractivity contribution in [2.45, 2.75) is 38.7 Å². The molecular weight excluding hydrogens is 454 g/mol. The van der Waals surface area contributed by atoms with Gasteiger partial charge < -0.3 is 8.83 Å². The van der Waals surface area contributed by atoms with Crippen molar-refractivity contribution in [3.63, 3.8) is 0 Å². The summed E-state index contributed by atoms with van der Waals surface area (Å²) in [4.78, 5) is 16.0. The first-order valence-corrected chi connectivity index (χ1v) is 12.7. The van der Waals surface area contributed by atoms with E-state index in [2.05, 4.69) is 29.0 Å². The van der Waals surface area contributed by atoms with Gasteiger partial charge in [-0.3, -0.25) is 0 Å². The second-order valence-corrected chi connectivity index (χ2v) is 10.8. The molecule has 0 spiro atoms. The number of hydrogen-bond donors (Lipinski definition) is 0. The summed E-state index contributed by atoms with van der Waals surface area (Å²) in [6.07, 6.45) is 2.59. The number of aromatic nitrogens is 2. The summed E-state index contributed by atoms with van der Waals surface area (Å²) in [5, 5.41) is 8.19. The first-order chi connectivity index (χ1) is 16.2. The van der Waals surface area contributed by atoms with Crippen molar-refractivity contribution in [2.75, 3.05) is 0 Å². The van der Waals surface area contributed by atoms with Gasteiger partial charge in [0.1, 0.15) is 11.3 Å². The van der Waals surface area contributed by atoms with E-state index in [1.54, 1.807) is 18.3 Å². The van der Waals surface area contributed by atoms with Crippen LogP contribution in [0.1, 0.15) is 42.0 Å². The van der Waals surface area contributed by atoms with Crippen molar-refractivity contribution in [1.82, 2.24) is 10.2 Å². The van der Waals surface area contributed by atoms with Gasteiger partial charge in [-0.05, 0) is 47.6 Å². The molecule has 4 aromatic rings. The van der Waals surface area contributed by atoms with Gasteiger partial charge in [-0.25, -0.2) is 18.2 Å². The lowest BCUT2D eigenvalue weighted by Crippen LogP contribution is -2.10. The van der Waals surface area contributed by atoms with Crippen LogP contribution >= 0.6 is 0 Å². The Labute approximate surface area is 197 Å². The van der Waals surface area contributed by atoms with Crippen molar-refractivity contribution < 1.29 is 17.3 Å². The lowest BCUT2D eigenvalue weighted by molar-refractivity contribution is 0.515. The second kappa shape index (κ2) is 9.72. The Balaban J connectivity index is 1.46. The van der Waals surface area contributed by atoms with Gasteiger partial charge in [0.2, 0.25) is 5.89 Å². The third kappa shape index (κ3) is 6.05. The largest absolute Gasteiger partial charge is 0.423 e. The van der Waals surface area contributed by atoms with Gasteiger partial charge in [-0.15, -0.1) is 5.10 Å². The van der Waals surface area contributed by atoms with Gasteiger partial charge >= 0.3 is 11.6 Å². The highest BCUT2D eigenvalue weighted by molar-refractivity contribution is 7.89. The Bertz CT molecular complexity index is 1500. The summed E-state index contributed by atoms with van der Waals surface area (Å²) in [7, 11) is -3.70. The van der Waals surface area contributed by atoms with E-state index < -0.39 is 21.2 Å². The molecule has 0 saturated heterocycles. The Kier molecular flexibility index (Phi) is 6.74. The molecule has 0 unspecified atom stereocenters. The van der Waals surface area contributed by atoms with E-state index in [1.165, 1.54) is 11.6 Å². The van der Waals surface area contributed by atoms with E-state index in [4.69, 9.17) is 8.83 Å². The van der Waals surface area contributed by atoms with Crippen LogP contribution < -0.4 is 5.63 Å². The average Bonchev–Trinajstić information content (AvgIpc) is 3.18. The highest BCUT2D eigenvalue weighted by Crippen LogP contribution is 2.22. The van der Waals surface area contributed by atoms with Crippen molar-refractivity contribution in [3.8, 4) is 0 Å². The fraction of sp³-hybridized carbons (Fsp3) is 0.280. The fourth-order valence-electron chi connectivity index (χ4n) is 3.63. The maximum Gasteiger partial charge on any atom is 0.342 e. The molecule has 0 aliphatic heterocycles. The number of benzene rings is 2. The minimum atomic E-state index is -3.70. The minimum Gasteiger partial charge on any atom is -0.423 e. The molecule has 0 amide bonds. The minimum absolute atomic E-state index is 0.0299. The Morgan fingerprint density at radius 2 is 1.76 bits per heavy atom. The lowest BCUT2D eigenvalue weighted by atomic mass is 10.0.